The molecule has 1 aromatic heterocycles. The highest BCUT2D eigenvalue weighted by Crippen LogP contribution is 2.48. The highest BCUT2D eigenvalue weighted by Gasteiger charge is 2.27. The van der Waals surface area contributed by atoms with Crippen LogP contribution in [0, 0.1) is 0 Å². The van der Waals surface area contributed by atoms with Crippen molar-refractivity contribution in [2.75, 3.05) is 0 Å². The molecule has 0 bridgehead atoms. The molecule has 5 heteroatoms. The number of aromatic hydroxyl groups is 2. The summed E-state index contributed by atoms with van der Waals surface area (Å²) >= 11 is 0. The van der Waals surface area contributed by atoms with Crippen LogP contribution in [-0.2, 0) is 0 Å². The maximum absolute atomic E-state index is 13.2. The Morgan fingerprint density at radius 3 is 2.50 bits per heavy atom. The molecular formula is C21H19NO4. The lowest BCUT2D eigenvalue weighted by atomic mass is 9.92. The molecule has 0 radical (unpaired) electrons. The molecule has 0 amide bonds. The van der Waals surface area contributed by atoms with Gasteiger partial charge in [0.25, 0.3) is 5.56 Å². The topological polar surface area (TPSA) is 71.7 Å². The first-order chi connectivity index (χ1) is 12.6. The summed E-state index contributed by atoms with van der Waals surface area (Å²) in [5, 5.41) is 21.3. The Morgan fingerprint density at radius 1 is 0.923 bits per heavy atom. The van der Waals surface area contributed by atoms with Gasteiger partial charge in [0.05, 0.1) is 5.39 Å². The molecule has 0 saturated heterocycles. The molecule has 1 aliphatic carbocycles. The molecule has 132 valence electrons. The van der Waals surface area contributed by atoms with E-state index in [0.717, 1.165) is 36.8 Å². The van der Waals surface area contributed by atoms with Crippen LogP contribution >= 0.6 is 0 Å². The van der Waals surface area contributed by atoms with Gasteiger partial charge < -0.3 is 19.5 Å². The number of fused-ring (bicyclic) bond motifs is 2. The Labute approximate surface area is 150 Å². The van der Waals surface area contributed by atoms with Crippen LogP contribution in [0.25, 0.3) is 21.9 Å². The number of nitrogens with zero attached hydrogens (tertiary/aromatic N) is 1. The van der Waals surface area contributed by atoms with Crippen LogP contribution in [0.5, 0.6) is 23.0 Å². The third kappa shape index (κ3) is 2.13. The number of pyridine rings is 1. The first-order valence-electron chi connectivity index (χ1n) is 9.05. The highest BCUT2D eigenvalue weighted by molar-refractivity contribution is 6.05. The SMILES string of the molecule is O=c1c2c(O)ccc3c2c(cn1C1CCCCC1)-c1cc(O)ccc1O3. The van der Waals surface area contributed by atoms with Crippen molar-refractivity contribution < 1.29 is 14.9 Å². The number of phenols is 2. The summed E-state index contributed by atoms with van der Waals surface area (Å²) in [6.07, 6.45) is 7.23. The number of benzene rings is 2. The fourth-order valence-electron chi connectivity index (χ4n) is 4.30. The molecule has 5 rings (SSSR count). The largest absolute Gasteiger partial charge is 0.508 e. The van der Waals surface area contributed by atoms with E-state index in [-0.39, 0.29) is 23.1 Å². The zero-order chi connectivity index (χ0) is 17.8. The van der Waals surface area contributed by atoms with E-state index in [0.29, 0.717) is 22.3 Å². The zero-order valence-electron chi connectivity index (χ0n) is 14.2. The summed E-state index contributed by atoms with van der Waals surface area (Å²) in [4.78, 5) is 13.2. The lowest BCUT2D eigenvalue weighted by molar-refractivity contribution is 0.347. The van der Waals surface area contributed by atoms with Gasteiger partial charge in [-0.25, -0.2) is 0 Å². The van der Waals surface area contributed by atoms with Crippen LogP contribution in [-0.4, -0.2) is 14.8 Å². The van der Waals surface area contributed by atoms with Gasteiger partial charge in [0.2, 0.25) is 0 Å². The Balaban J connectivity index is 1.88. The molecule has 1 aliphatic heterocycles. The monoisotopic (exact) mass is 349 g/mol. The Kier molecular flexibility index (Phi) is 3.26. The van der Waals surface area contributed by atoms with Crippen LogP contribution in [0.3, 0.4) is 0 Å². The van der Waals surface area contributed by atoms with Crippen LogP contribution in [0.2, 0.25) is 0 Å². The second-order valence-electron chi connectivity index (χ2n) is 7.16. The summed E-state index contributed by atoms with van der Waals surface area (Å²) < 4.78 is 7.71. The fraction of sp³-hybridized carbons (Fsp3) is 0.286. The molecule has 5 nitrogen and oxygen atoms in total. The minimum absolute atomic E-state index is 0.0348. The zero-order valence-corrected chi connectivity index (χ0v) is 14.2. The highest BCUT2D eigenvalue weighted by atomic mass is 16.5. The average Bonchev–Trinajstić information content (AvgIpc) is 2.66. The molecule has 1 saturated carbocycles. The maximum atomic E-state index is 13.2. The van der Waals surface area contributed by atoms with Crippen LogP contribution < -0.4 is 10.3 Å². The molecule has 0 spiro atoms. The fourth-order valence-corrected chi connectivity index (χ4v) is 4.30. The number of hydrogen-bond acceptors (Lipinski definition) is 4. The van der Waals surface area contributed by atoms with E-state index in [1.54, 1.807) is 28.8 Å². The van der Waals surface area contributed by atoms with Crippen molar-refractivity contribution in [1.29, 1.82) is 0 Å². The first-order valence-corrected chi connectivity index (χ1v) is 9.05. The predicted molar refractivity (Wildman–Crippen MR) is 99.2 cm³/mol. The maximum Gasteiger partial charge on any atom is 0.262 e. The normalized spacial score (nSPS) is 16.3. The summed E-state index contributed by atoms with van der Waals surface area (Å²) in [6, 6.07) is 8.29. The van der Waals surface area contributed by atoms with Crippen LogP contribution in [0.4, 0.5) is 0 Å². The van der Waals surface area contributed by atoms with Gasteiger partial charge in [-0.1, -0.05) is 19.3 Å². The van der Waals surface area contributed by atoms with Crippen LogP contribution in [0.15, 0.2) is 41.3 Å². The molecule has 2 aliphatic rings. The third-order valence-corrected chi connectivity index (χ3v) is 5.57. The van der Waals surface area contributed by atoms with Crippen molar-refractivity contribution in [3.8, 4) is 34.1 Å². The molecule has 0 unspecified atom stereocenters. The molecule has 1 fully saturated rings. The summed E-state index contributed by atoms with van der Waals surface area (Å²) in [5.41, 5.74) is 1.37. The lowest BCUT2D eigenvalue weighted by Gasteiger charge is -2.27. The molecule has 3 aromatic rings. The van der Waals surface area contributed by atoms with Gasteiger partial charge in [0.15, 0.2) is 0 Å². The van der Waals surface area contributed by atoms with Gasteiger partial charge in [-0.05, 0) is 43.2 Å². The number of phenolic OH excluding ortho intramolecular Hbond substituents is 2. The average molecular weight is 349 g/mol. The van der Waals surface area contributed by atoms with Crippen molar-refractivity contribution in [3.05, 3.63) is 46.9 Å². The molecule has 2 aromatic carbocycles. The van der Waals surface area contributed by atoms with Gasteiger partial charge in [0.1, 0.15) is 23.0 Å². The van der Waals surface area contributed by atoms with Gasteiger partial charge >= 0.3 is 0 Å². The van der Waals surface area contributed by atoms with Gasteiger partial charge in [-0.15, -0.1) is 0 Å². The molecule has 26 heavy (non-hydrogen) atoms. The molecule has 0 atom stereocenters. The predicted octanol–water partition coefficient (Wildman–Crippen LogP) is 4.69. The van der Waals surface area contributed by atoms with E-state index < -0.39 is 0 Å². The minimum Gasteiger partial charge on any atom is -0.508 e. The van der Waals surface area contributed by atoms with Crippen molar-refractivity contribution in [2.45, 2.75) is 38.1 Å². The Morgan fingerprint density at radius 2 is 1.69 bits per heavy atom. The summed E-state index contributed by atoms with van der Waals surface area (Å²) in [7, 11) is 0. The van der Waals surface area contributed by atoms with E-state index in [4.69, 9.17) is 4.74 Å². The number of rotatable bonds is 1. The van der Waals surface area contributed by atoms with Gasteiger partial charge in [-0.3, -0.25) is 4.79 Å². The quantitative estimate of drug-likeness (QED) is 0.523. The van der Waals surface area contributed by atoms with Gasteiger partial charge in [-0.2, -0.15) is 0 Å². The number of aromatic nitrogens is 1. The number of hydrogen-bond donors (Lipinski definition) is 2. The third-order valence-electron chi connectivity index (χ3n) is 5.57. The van der Waals surface area contributed by atoms with E-state index in [1.807, 2.05) is 6.20 Å². The Hall–Kier alpha value is -2.95. The van der Waals surface area contributed by atoms with E-state index >= 15 is 0 Å². The van der Waals surface area contributed by atoms with Gasteiger partial charge in [0, 0.05) is 28.8 Å². The molecular weight excluding hydrogens is 330 g/mol. The second-order valence-corrected chi connectivity index (χ2v) is 7.16. The van der Waals surface area contributed by atoms with E-state index in [2.05, 4.69) is 0 Å². The van der Waals surface area contributed by atoms with E-state index in [1.165, 1.54) is 12.5 Å². The van der Waals surface area contributed by atoms with Crippen LogP contribution in [0.1, 0.15) is 38.1 Å². The summed E-state index contributed by atoms with van der Waals surface area (Å²) in [5.74, 6) is 1.29. The summed E-state index contributed by atoms with van der Waals surface area (Å²) in [6.45, 7) is 0. The first kappa shape index (κ1) is 15.3. The second kappa shape index (κ2) is 5.53. The lowest BCUT2D eigenvalue weighted by Crippen LogP contribution is -2.27. The van der Waals surface area contributed by atoms with E-state index in [9.17, 15) is 15.0 Å². The number of ether oxygens (including phenoxy) is 1. The van der Waals surface area contributed by atoms with Crippen molar-refractivity contribution in [2.24, 2.45) is 0 Å². The van der Waals surface area contributed by atoms with Crippen molar-refractivity contribution in [1.82, 2.24) is 4.57 Å². The Bertz CT molecular complexity index is 1090. The smallest absolute Gasteiger partial charge is 0.262 e. The van der Waals surface area contributed by atoms with Crippen molar-refractivity contribution >= 4 is 10.8 Å². The molecule has 2 N–H and O–H groups in total. The minimum atomic E-state index is -0.179. The van der Waals surface area contributed by atoms with Crippen molar-refractivity contribution in [3.63, 3.8) is 0 Å². The molecule has 2 heterocycles. The standard InChI is InChI=1S/C21H19NO4/c23-13-6-8-17-14(10-13)15-11-22(12-4-2-1-3-5-12)21(25)20-16(24)7-9-18(26-17)19(15)20/h6-12,23-24H,1-5H2.